The van der Waals surface area contributed by atoms with E-state index in [9.17, 15) is 0 Å². The smallest absolute Gasteiger partial charge is 0.0117 e. The molecule has 0 unspecified atom stereocenters. The summed E-state index contributed by atoms with van der Waals surface area (Å²) >= 11 is 3.49. The van der Waals surface area contributed by atoms with Crippen molar-refractivity contribution in [3.05, 3.63) is 0 Å². The molecule has 0 atom stereocenters. The molecule has 1 aliphatic rings. The average Bonchev–Trinajstić information content (AvgIpc) is 2.34. The van der Waals surface area contributed by atoms with Crippen LogP contribution in [0.5, 0.6) is 0 Å². The monoisotopic (exact) mass is 290 g/mol. The molecule has 0 aromatic rings. The predicted molar refractivity (Wildman–Crippen MR) is 75.4 cm³/mol. The molecule has 2 nitrogen and oxygen atoms in total. The van der Waals surface area contributed by atoms with Crippen LogP contribution < -0.4 is 0 Å². The summed E-state index contributed by atoms with van der Waals surface area (Å²) in [6.45, 7) is 7.37. The lowest BCUT2D eigenvalue weighted by molar-refractivity contribution is 0.130. The fraction of sp³-hybridized carbons (Fsp3) is 1.00. The number of halogens is 1. The van der Waals surface area contributed by atoms with Gasteiger partial charge in [-0.3, -0.25) is 0 Å². The molecule has 0 N–H and O–H groups in total. The minimum Gasteiger partial charge on any atom is -0.303 e. The largest absolute Gasteiger partial charge is 0.303 e. The lowest BCUT2D eigenvalue weighted by atomic mass is 10.0. The zero-order chi connectivity index (χ0) is 11.8. The van der Waals surface area contributed by atoms with E-state index in [0.29, 0.717) is 0 Å². The first-order valence-corrected chi connectivity index (χ1v) is 7.88. The Kier molecular flexibility index (Phi) is 7.67. The van der Waals surface area contributed by atoms with E-state index >= 15 is 0 Å². The summed E-state index contributed by atoms with van der Waals surface area (Å²) < 4.78 is 0. The molecule has 1 saturated heterocycles. The van der Waals surface area contributed by atoms with Crippen molar-refractivity contribution in [1.82, 2.24) is 9.80 Å². The van der Waals surface area contributed by atoms with Gasteiger partial charge < -0.3 is 9.80 Å². The highest BCUT2D eigenvalue weighted by Gasteiger charge is 2.20. The van der Waals surface area contributed by atoms with Crippen molar-refractivity contribution < 1.29 is 0 Å². The Balaban J connectivity index is 2.10. The SMILES string of the molecule is CCN1CCC(N(C)CCCCCBr)CC1. The molecular formula is C13H27BrN2. The normalized spacial score (nSPS) is 19.5. The third kappa shape index (κ3) is 5.15. The highest BCUT2D eigenvalue weighted by molar-refractivity contribution is 9.09. The van der Waals surface area contributed by atoms with Crippen LogP contribution >= 0.6 is 15.9 Å². The standard InChI is InChI=1S/C13H27BrN2/c1-3-16-11-7-13(8-12-16)15(2)10-6-4-5-9-14/h13H,3-12H2,1-2H3. The van der Waals surface area contributed by atoms with Crippen LogP contribution in [0.25, 0.3) is 0 Å². The van der Waals surface area contributed by atoms with E-state index in [2.05, 4.69) is 39.7 Å². The lowest BCUT2D eigenvalue weighted by Gasteiger charge is -2.36. The number of piperidine rings is 1. The highest BCUT2D eigenvalue weighted by Crippen LogP contribution is 2.15. The first kappa shape index (κ1) is 14.5. The number of hydrogen-bond donors (Lipinski definition) is 0. The van der Waals surface area contributed by atoms with Gasteiger partial charge in [-0.05, 0) is 58.9 Å². The van der Waals surface area contributed by atoms with Crippen LogP contribution in [-0.4, -0.2) is 54.4 Å². The van der Waals surface area contributed by atoms with Gasteiger partial charge in [-0.25, -0.2) is 0 Å². The Labute approximate surface area is 109 Å². The van der Waals surface area contributed by atoms with E-state index in [-0.39, 0.29) is 0 Å². The molecule has 1 rings (SSSR count). The molecule has 0 aromatic heterocycles. The van der Waals surface area contributed by atoms with Gasteiger partial charge in [0.25, 0.3) is 0 Å². The van der Waals surface area contributed by atoms with Gasteiger partial charge in [0, 0.05) is 11.4 Å². The minimum atomic E-state index is 0.840. The third-order valence-corrected chi connectivity index (χ3v) is 4.33. The van der Waals surface area contributed by atoms with Gasteiger partial charge in [-0.15, -0.1) is 0 Å². The van der Waals surface area contributed by atoms with Crippen LogP contribution in [0, 0.1) is 0 Å². The van der Waals surface area contributed by atoms with Crippen LogP contribution in [0.15, 0.2) is 0 Å². The van der Waals surface area contributed by atoms with E-state index in [1.54, 1.807) is 0 Å². The second-order valence-electron chi connectivity index (χ2n) is 4.90. The molecular weight excluding hydrogens is 264 g/mol. The summed E-state index contributed by atoms with van der Waals surface area (Å²) in [6.07, 6.45) is 6.77. The maximum absolute atomic E-state index is 3.49. The molecule has 0 amide bonds. The van der Waals surface area contributed by atoms with Crippen LogP contribution in [0.4, 0.5) is 0 Å². The fourth-order valence-electron chi connectivity index (χ4n) is 2.49. The molecule has 0 radical (unpaired) electrons. The Morgan fingerprint density at radius 2 is 1.88 bits per heavy atom. The molecule has 0 bridgehead atoms. The van der Waals surface area contributed by atoms with Gasteiger partial charge in [0.05, 0.1) is 0 Å². The zero-order valence-corrected chi connectivity index (χ0v) is 12.5. The average molecular weight is 291 g/mol. The van der Waals surface area contributed by atoms with Gasteiger partial charge in [-0.1, -0.05) is 29.3 Å². The molecule has 1 heterocycles. The number of nitrogens with zero attached hydrogens (tertiary/aromatic N) is 2. The molecule has 16 heavy (non-hydrogen) atoms. The first-order valence-electron chi connectivity index (χ1n) is 6.76. The second-order valence-corrected chi connectivity index (χ2v) is 5.69. The van der Waals surface area contributed by atoms with Crippen LogP contribution in [0.2, 0.25) is 0 Å². The van der Waals surface area contributed by atoms with Crippen LogP contribution in [0.1, 0.15) is 39.0 Å². The Bertz CT molecular complexity index is 167. The highest BCUT2D eigenvalue weighted by atomic mass is 79.9. The molecule has 96 valence electrons. The fourth-order valence-corrected chi connectivity index (χ4v) is 2.89. The molecule has 0 spiro atoms. The van der Waals surface area contributed by atoms with Gasteiger partial charge in [0.1, 0.15) is 0 Å². The second kappa shape index (κ2) is 8.48. The molecule has 1 fully saturated rings. The Morgan fingerprint density at radius 1 is 1.19 bits per heavy atom. The summed E-state index contributed by atoms with van der Waals surface area (Å²) in [5.74, 6) is 0. The summed E-state index contributed by atoms with van der Waals surface area (Å²) in [6, 6.07) is 0.840. The van der Waals surface area contributed by atoms with Gasteiger partial charge in [-0.2, -0.15) is 0 Å². The summed E-state index contributed by atoms with van der Waals surface area (Å²) in [5.41, 5.74) is 0. The van der Waals surface area contributed by atoms with Crippen molar-refractivity contribution in [1.29, 1.82) is 0 Å². The maximum Gasteiger partial charge on any atom is 0.0117 e. The number of hydrogen-bond acceptors (Lipinski definition) is 2. The van der Waals surface area contributed by atoms with Crippen molar-refractivity contribution in [3.8, 4) is 0 Å². The van der Waals surface area contributed by atoms with E-state index < -0.39 is 0 Å². The molecule has 1 aliphatic heterocycles. The van der Waals surface area contributed by atoms with Crippen molar-refractivity contribution in [2.24, 2.45) is 0 Å². The number of likely N-dealkylation sites (tertiary alicyclic amines) is 1. The van der Waals surface area contributed by atoms with Crippen molar-refractivity contribution in [3.63, 3.8) is 0 Å². The molecule has 0 aromatic carbocycles. The Morgan fingerprint density at radius 3 is 2.44 bits per heavy atom. The molecule has 0 aliphatic carbocycles. The van der Waals surface area contributed by atoms with Crippen LogP contribution in [0.3, 0.4) is 0 Å². The van der Waals surface area contributed by atoms with E-state index in [1.807, 2.05) is 0 Å². The van der Waals surface area contributed by atoms with E-state index in [4.69, 9.17) is 0 Å². The zero-order valence-electron chi connectivity index (χ0n) is 10.9. The van der Waals surface area contributed by atoms with Gasteiger partial charge in [0.15, 0.2) is 0 Å². The maximum atomic E-state index is 3.49. The predicted octanol–water partition coefficient (Wildman–Crippen LogP) is 2.97. The number of alkyl halides is 1. The van der Waals surface area contributed by atoms with Crippen LogP contribution in [-0.2, 0) is 0 Å². The van der Waals surface area contributed by atoms with E-state index in [1.165, 1.54) is 58.3 Å². The van der Waals surface area contributed by atoms with Crippen molar-refractivity contribution in [2.75, 3.05) is 38.6 Å². The Hall–Kier alpha value is 0.400. The summed E-state index contributed by atoms with van der Waals surface area (Å²) in [7, 11) is 2.31. The number of rotatable bonds is 7. The first-order chi connectivity index (χ1) is 7.77. The summed E-state index contributed by atoms with van der Waals surface area (Å²) in [4.78, 5) is 5.15. The number of unbranched alkanes of at least 4 members (excludes halogenated alkanes) is 2. The summed E-state index contributed by atoms with van der Waals surface area (Å²) in [5, 5.41) is 1.16. The van der Waals surface area contributed by atoms with Gasteiger partial charge >= 0.3 is 0 Å². The molecule has 0 saturated carbocycles. The van der Waals surface area contributed by atoms with Crippen molar-refractivity contribution >= 4 is 15.9 Å². The quantitative estimate of drug-likeness (QED) is 0.525. The van der Waals surface area contributed by atoms with E-state index in [0.717, 1.165) is 11.4 Å². The lowest BCUT2D eigenvalue weighted by Crippen LogP contribution is -2.43. The third-order valence-electron chi connectivity index (χ3n) is 3.77. The topological polar surface area (TPSA) is 6.48 Å². The van der Waals surface area contributed by atoms with Gasteiger partial charge in [0.2, 0.25) is 0 Å². The minimum absolute atomic E-state index is 0.840. The van der Waals surface area contributed by atoms with Crippen molar-refractivity contribution in [2.45, 2.75) is 45.1 Å². The molecule has 3 heteroatoms.